The van der Waals surface area contributed by atoms with Crippen molar-refractivity contribution in [2.45, 2.75) is 13.5 Å². The molecule has 0 aliphatic carbocycles. The Balaban J connectivity index is 2.29. The Morgan fingerprint density at radius 2 is 1.94 bits per heavy atom. The van der Waals surface area contributed by atoms with Crippen LogP contribution in [0.3, 0.4) is 0 Å². The predicted octanol–water partition coefficient (Wildman–Crippen LogP) is 2.19. The minimum absolute atomic E-state index is 0.00442. The van der Waals surface area contributed by atoms with Gasteiger partial charge >= 0.3 is 0 Å². The second-order valence-corrected chi connectivity index (χ2v) is 5.82. The molecule has 0 heterocycles. The Bertz CT molecular complexity index is 416. The fourth-order valence-electron chi connectivity index (χ4n) is 1.21. The Kier molecular flexibility index (Phi) is 6.15. The average molecular weight is 282 g/mol. The van der Waals surface area contributed by atoms with Crippen LogP contribution < -0.4 is 5.32 Å². The molecule has 0 fully saturated rings. The fourth-order valence-corrected chi connectivity index (χ4v) is 2.01. The SMILES string of the molecule is Cc1ccc(CNC(=O)CSC(=S)N(C)C)cc1. The molecular weight excluding hydrogens is 264 g/mol. The third-order valence-electron chi connectivity index (χ3n) is 2.30. The van der Waals surface area contributed by atoms with Crippen LogP contribution in [-0.4, -0.2) is 35.0 Å². The van der Waals surface area contributed by atoms with Crippen molar-refractivity contribution < 1.29 is 4.79 Å². The smallest absolute Gasteiger partial charge is 0.230 e. The quantitative estimate of drug-likeness (QED) is 0.858. The lowest BCUT2D eigenvalue weighted by Gasteiger charge is -2.12. The molecule has 0 bridgehead atoms. The molecule has 1 amide bonds. The first-order valence-electron chi connectivity index (χ1n) is 5.65. The van der Waals surface area contributed by atoms with Crippen LogP contribution in [0.1, 0.15) is 11.1 Å². The molecule has 0 aromatic heterocycles. The second-order valence-electron chi connectivity index (χ2n) is 4.21. The molecule has 0 radical (unpaired) electrons. The summed E-state index contributed by atoms with van der Waals surface area (Å²) in [4.78, 5) is 13.4. The molecular formula is C13H18N2OS2. The van der Waals surface area contributed by atoms with Gasteiger partial charge in [-0.15, -0.1) is 0 Å². The minimum Gasteiger partial charge on any atom is -0.364 e. The molecule has 0 aliphatic rings. The van der Waals surface area contributed by atoms with Crippen LogP contribution in [0.25, 0.3) is 0 Å². The highest BCUT2D eigenvalue weighted by atomic mass is 32.2. The van der Waals surface area contributed by atoms with Gasteiger partial charge in [-0.05, 0) is 12.5 Å². The van der Waals surface area contributed by atoms with Crippen LogP contribution in [-0.2, 0) is 11.3 Å². The normalized spacial score (nSPS) is 9.94. The Morgan fingerprint density at radius 3 is 2.50 bits per heavy atom. The van der Waals surface area contributed by atoms with E-state index in [-0.39, 0.29) is 5.91 Å². The average Bonchev–Trinajstić information content (AvgIpc) is 2.35. The van der Waals surface area contributed by atoms with Crippen molar-refractivity contribution in [2.75, 3.05) is 19.8 Å². The number of amides is 1. The van der Waals surface area contributed by atoms with Gasteiger partial charge in [-0.25, -0.2) is 0 Å². The molecule has 0 aliphatic heterocycles. The summed E-state index contributed by atoms with van der Waals surface area (Å²) in [6.45, 7) is 2.61. The fraction of sp³-hybridized carbons (Fsp3) is 0.385. The molecule has 1 aromatic rings. The van der Waals surface area contributed by atoms with E-state index in [0.29, 0.717) is 12.3 Å². The number of carbonyl (C=O) groups excluding carboxylic acids is 1. The van der Waals surface area contributed by atoms with Crippen molar-refractivity contribution in [1.82, 2.24) is 10.2 Å². The first-order chi connectivity index (χ1) is 8.49. The summed E-state index contributed by atoms with van der Waals surface area (Å²) in [6.07, 6.45) is 0. The topological polar surface area (TPSA) is 32.3 Å². The van der Waals surface area contributed by atoms with Crippen molar-refractivity contribution >= 4 is 34.2 Å². The van der Waals surface area contributed by atoms with Crippen LogP contribution in [0.4, 0.5) is 0 Å². The number of nitrogens with zero attached hydrogens (tertiary/aromatic N) is 1. The second kappa shape index (κ2) is 7.38. The van der Waals surface area contributed by atoms with E-state index in [4.69, 9.17) is 12.2 Å². The van der Waals surface area contributed by atoms with Crippen molar-refractivity contribution in [3.05, 3.63) is 35.4 Å². The van der Waals surface area contributed by atoms with E-state index >= 15 is 0 Å². The van der Waals surface area contributed by atoms with Crippen LogP contribution in [0.2, 0.25) is 0 Å². The lowest BCUT2D eigenvalue weighted by Crippen LogP contribution is -2.26. The standard InChI is InChI=1S/C13H18N2OS2/c1-10-4-6-11(7-5-10)8-14-12(16)9-18-13(17)15(2)3/h4-7H,8-9H2,1-3H3,(H,14,16). The van der Waals surface area contributed by atoms with Gasteiger partial charge in [0.25, 0.3) is 0 Å². The van der Waals surface area contributed by atoms with E-state index in [9.17, 15) is 4.79 Å². The number of aryl methyl sites for hydroxylation is 1. The summed E-state index contributed by atoms with van der Waals surface area (Å²) < 4.78 is 0.723. The number of hydrogen-bond donors (Lipinski definition) is 1. The molecule has 0 atom stereocenters. The number of carbonyl (C=O) groups is 1. The zero-order chi connectivity index (χ0) is 13.5. The third-order valence-corrected chi connectivity index (χ3v) is 4.04. The zero-order valence-electron chi connectivity index (χ0n) is 10.9. The lowest BCUT2D eigenvalue weighted by molar-refractivity contribution is -0.118. The van der Waals surface area contributed by atoms with E-state index in [1.165, 1.54) is 17.3 Å². The van der Waals surface area contributed by atoms with Crippen molar-refractivity contribution in [3.63, 3.8) is 0 Å². The maximum atomic E-state index is 11.6. The summed E-state index contributed by atoms with van der Waals surface area (Å²) in [7, 11) is 3.75. The molecule has 18 heavy (non-hydrogen) atoms. The lowest BCUT2D eigenvalue weighted by atomic mass is 10.1. The molecule has 0 saturated heterocycles. The first kappa shape index (κ1) is 15.0. The number of hydrogen-bond acceptors (Lipinski definition) is 3. The van der Waals surface area contributed by atoms with Crippen LogP contribution >= 0.6 is 24.0 Å². The largest absolute Gasteiger partial charge is 0.364 e. The molecule has 1 N–H and O–H groups in total. The molecule has 0 saturated carbocycles. The van der Waals surface area contributed by atoms with Crippen LogP contribution in [0, 0.1) is 6.92 Å². The number of thioether (sulfide) groups is 1. The first-order valence-corrected chi connectivity index (χ1v) is 7.04. The third kappa shape index (κ3) is 5.51. The molecule has 5 heteroatoms. The van der Waals surface area contributed by atoms with Gasteiger partial charge in [0.05, 0.1) is 5.75 Å². The van der Waals surface area contributed by atoms with Crippen molar-refractivity contribution in [1.29, 1.82) is 0 Å². The summed E-state index contributed by atoms with van der Waals surface area (Å²) in [5.41, 5.74) is 2.33. The van der Waals surface area contributed by atoms with Gasteiger partial charge in [-0.1, -0.05) is 53.8 Å². The molecule has 0 unspecified atom stereocenters. The predicted molar refractivity (Wildman–Crippen MR) is 81.8 cm³/mol. The summed E-state index contributed by atoms with van der Waals surface area (Å²) in [5.74, 6) is 0.368. The van der Waals surface area contributed by atoms with Gasteiger partial charge in [-0.3, -0.25) is 4.79 Å². The summed E-state index contributed by atoms with van der Waals surface area (Å²) >= 11 is 6.47. The van der Waals surface area contributed by atoms with Gasteiger partial charge in [0.1, 0.15) is 4.32 Å². The van der Waals surface area contributed by atoms with E-state index in [1.54, 1.807) is 0 Å². The Hall–Kier alpha value is -1.07. The molecule has 1 aromatic carbocycles. The zero-order valence-corrected chi connectivity index (χ0v) is 12.5. The summed E-state index contributed by atoms with van der Waals surface area (Å²) in [6, 6.07) is 8.12. The van der Waals surface area contributed by atoms with Gasteiger partial charge in [0.2, 0.25) is 5.91 Å². The maximum absolute atomic E-state index is 11.6. The monoisotopic (exact) mass is 282 g/mol. The van der Waals surface area contributed by atoms with E-state index in [0.717, 1.165) is 9.88 Å². The van der Waals surface area contributed by atoms with Crippen LogP contribution in [0.5, 0.6) is 0 Å². The highest BCUT2D eigenvalue weighted by Crippen LogP contribution is 2.06. The Morgan fingerprint density at radius 1 is 1.33 bits per heavy atom. The van der Waals surface area contributed by atoms with Crippen molar-refractivity contribution in [2.24, 2.45) is 0 Å². The molecule has 0 spiro atoms. The van der Waals surface area contributed by atoms with Gasteiger partial charge in [0, 0.05) is 20.6 Å². The number of rotatable bonds is 4. The van der Waals surface area contributed by atoms with Crippen LogP contribution in [0.15, 0.2) is 24.3 Å². The highest BCUT2D eigenvalue weighted by molar-refractivity contribution is 8.23. The molecule has 1 rings (SSSR count). The van der Waals surface area contributed by atoms with E-state index < -0.39 is 0 Å². The molecule has 3 nitrogen and oxygen atoms in total. The van der Waals surface area contributed by atoms with Gasteiger partial charge < -0.3 is 10.2 Å². The van der Waals surface area contributed by atoms with E-state index in [1.807, 2.05) is 50.2 Å². The Labute approximate surface area is 118 Å². The van der Waals surface area contributed by atoms with E-state index in [2.05, 4.69) is 5.32 Å². The number of thiocarbonyl (C=S) groups is 1. The maximum Gasteiger partial charge on any atom is 0.230 e. The minimum atomic E-state index is 0.00442. The summed E-state index contributed by atoms with van der Waals surface area (Å²) in [5, 5.41) is 2.87. The molecule has 98 valence electrons. The highest BCUT2D eigenvalue weighted by Gasteiger charge is 2.05. The van der Waals surface area contributed by atoms with Crippen molar-refractivity contribution in [3.8, 4) is 0 Å². The number of benzene rings is 1. The number of nitrogens with one attached hydrogen (secondary N) is 1. The van der Waals surface area contributed by atoms with Gasteiger partial charge in [-0.2, -0.15) is 0 Å². The van der Waals surface area contributed by atoms with Gasteiger partial charge in [0.15, 0.2) is 0 Å².